The molecule has 0 bridgehead atoms. The molecular weight excluding hydrogens is 280 g/mol. The molecule has 0 unspecified atom stereocenters. The van der Waals surface area contributed by atoms with Crippen LogP contribution in [0.5, 0.6) is 5.88 Å². The molecular formula is C17H26N2O3. The number of carbonyl (C=O) groups is 1. The first-order valence-corrected chi connectivity index (χ1v) is 7.98. The van der Waals surface area contributed by atoms with Crippen molar-refractivity contribution in [2.24, 2.45) is 0 Å². The molecule has 0 fully saturated rings. The van der Waals surface area contributed by atoms with Crippen LogP contribution in [0, 0.1) is 0 Å². The van der Waals surface area contributed by atoms with Gasteiger partial charge in [-0.3, -0.25) is 0 Å². The number of nitrogens with zero attached hydrogens (tertiary/aromatic N) is 2. The number of hydrogen-bond donors (Lipinski definition) is 0. The van der Waals surface area contributed by atoms with E-state index in [0.29, 0.717) is 25.6 Å². The van der Waals surface area contributed by atoms with Crippen LogP contribution in [0.15, 0.2) is 12.1 Å². The second-order valence-electron chi connectivity index (χ2n) is 6.61. The highest BCUT2D eigenvalue weighted by atomic mass is 16.6. The van der Waals surface area contributed by atoms with Crippen molar-refractivity contribution in [3.05, 3.63) is 23.4 Å². The molecule has 22 heavy (non-hydrogen) atoms. The number of fused-ring (bicyclic) bond motifs is 1. The van der Waals surface area contributed by atoms with Gasteiger partial charge in [-0.25, -0.2) is 9.78 Å². The number of pyridine rings is 1. The summed E-state index contributed by atoms with van der Waals surface area (Å²) in [6.07, 6.45) is 2.61. The van der Waals surface area contributed by atoms with E-state index in [9.17, 15) is 4.79 Å². The summed E-state index contributed by atoms with van der Waals surface area (Å²) in [5.74, 6) is 0.679. The molecule has 2 heterocycles. The van der Waals surface area contributed by atoms with Crippen LogP contribution in [0.1, 0.15) is 51.8 Å². The zero-order chi connectivity index (χ0) is 16.2. The molecule has 1 aliphatic heterocycles. The van der Waals surface area contributed by atoms with Crippen molar-refractivity contribution < 1.29 is 14.3 Å². The number of unbranched alkanes of at least 4 members (excludes halogenated alkanes) is 1. The van der Waals surface area contributed by atoms with Crippen LogP contribution in [0.2, 0.25) is 0 Å². The van der Waals surface area contributed by atoms with Crippen LogP contribution in [0.4, 0.5) is 4.79 Å². The summed E-state index contributed by atoms with van der Waals surface area (Å²) in [6.45, 7) is 9.65. The number of rotatable bonds is 4. The average molecular weight is 306 g/mol. The molecule has 1 aromatic heterocycles. The molecule has 0 saturated carbocycles. The van der Waals surface area contributed by atoms with E-state index in [1.807, 2.05) is 32.9 Å². The molecule has 1 amide bonds. The van der Waals surface area contributed by atoms with E-state index in [1.165, 1.54) is 0 Å². The smallest absolute Gasteiger partial charge is 0.410 e. The molecule has 0 aromatic carbocycles. The summed E-state index contributed by atoms with van der Waals surface area (Å²) in [5, 5.41) is 0. The standard InChI is InChI=1S/C17H26N2O3/c1-5-6-11-21-15-8-7-13-12-19(10-9-14(13)18-15)16(20)22-17(2,3)4/h7-8H,5-6,9-12H2,1-4H3. The highest BCUT2D eigenvalue weighted by molar-refractivity contribution is 5.68. The van der Waals surface area contributed by atoms with Gasteiger partial charge in [0, 0.05) is 19.0 Å². The number of ether oxygens (including phenoxy) is 2. The molecule has 1 aromatic rings. The van der Waals surface area contributed by atoms with Crippen LogP contribution in [0.3, 0.4) is 0 Å². The summed E-state index contributed by atoms with van der Waals surface area (Å²) >= 11 is 0. The van der Waals surface area contributed by atoms with Crippen molar-refractivity contribution in [1.29, 1.82) is 0 Å². The quantitative estimate of drug-likeness (QED) is 0.798. The van der Waals surface area contributed by atoms with E-state index in [-0.39, 0.29) is 6.09 Å². The minimum Gasteiger partial charge on any atom is -0.478 e. The fraction of sp³-hybridized carbons (Fsp3) is 0.647. The highest BCUT2D eigenvalue weighted by Gasteiger charge is 2.26. The molecule has 122 valence electrons. The van der Waals surface area contributed by atoms with Gasteiger partial charge in [-0.1, -0.05) is 19.4 Å². The van der Waals surface area contributed by atoms with Gasteiger partial charge in [0.15, 0.2) is 0 Å². The molecule has 0 aliphatic carbocycles. The van der Waals surface area contributed by atoms with Gasteiger partial charge in [0.2, 0.25) is 5.88 Å². The predicted molar refractivity (Wildman–Crippen MR) is 85.0 cm³/mol. The number of hydrogen-bond acceptors (Lipinski definition) is 4. The highest BCUT2D eigenvalue weighted by Crippen LogP contribution is 2.22. The van der Waals surface area contributed by atoms with E-state index >= 15 is 0 Å². The third kappa shape index (κ3) is 4.61. The van der Waals surface area contributed by atoms with Gasteiger partial charge in [-0.2, -0.15) is 0 Å². The Morgan fingerprint density at radius 3 is 2.82 bits per heavy atom. The first-order valence-electron chi connectivity index (χ1n) is 7.98. The Hall–Kier alpha value is -1.78. The van der Waals surface area contributed by atoms with Gasteiger partial charge in [0.1, 0.15) is 5.60 Å². The van der Waals surface area contributed by atoms with Crippen LogP contribution >= 0.6 is 0 Å². The maximum absolute atomic E-state index is 12.1. The van der Waals surface area contributed by atoms with Crippen molar-refractivity contribution in [2.45, 2.75) is 59.1 Å². The summed E-state index contributed by atoms with van der Waals surface area (Å²) in [4.78, 5) is 18.4. The van der Waals surface area contributed by atoms with Gasteiger partial charge in [-0.15, -0.1) is 0 Å². The summed E-state index contributed by atoms with van der Waals surface area (Å²) in [6, 6.07) is 3.88. The maximum Gasteiger partial charge on any atom is 0.410 e. The van der Waals surface area contributed by atoms with Crippen LogP contribution in [-0.4, -0.2) is 34.7 Å². The molecule has 5 nitrogen and oxygen atoms in total. The van der Waals surface area contributed by atoms with Crippen molar-refractivity contribution in [2.75, 3.05) is 13.2 Å². The first-order chi connectivity index (χ1) is 10.4. The Kier molecular flexibility index (Phi) is 5.27. The van der Waals surface area contributed by atoms with Crippen LogP contribution < -0.4 is 4.74 Å². The van der Waals surface area contributed by atoms with E-state index < -0.39 is 5.60 Å². The van der Waals surface area contributed by atoms with Crippen LogP contribution in [0.25, 0.3) is 0 Å². The van der Waals surface area contributed by atoms with Crippen molar-refractivity contribution in [3.8, 4) is 5.88 Å². The topological polar surface area (TPSA) is 51.7 Å². The third-order valence-electron chi connectivity index (χ3n) is 3.42. The Bertz CT molecular complexity index is 523. The van der Waals surface area contributed by atoms with Crippen molar-refractivity contribution >= 4 is 6.09 Å². The zero-order valence-corrected chi connectivity index (χ0v) is 14.0. The molecule has 2 rings (SSSR count). The Balaban J connectivity index is 1.98. The minimum absolute atomic E-state index is 0.263. The molecule has 0 N–H and O–H groups in total. The Labute approximate surface area is 132 Å². The molecule has 0 atom stereocenters. The summed E-state index contributed by atoms with van der Waals surface area (Å²) in [7, 11) is 0. The fourth-order valence-corrected chi connectivity index (χ4v) is 2.28. The molecule has 0 saturated heterocycles. The van der Waals surface area contributed by atoms with E-state index in [2.05, 4.69) is 11.9 Å². The molecule has 5 heteroatoms. The Morgan fingerprint density at radius 2 is 2.14 bits per heavy atom. The lowest BCUT2D eigenvalue weighted by atomic mass is 10.1. The van der Waals surface area contributed by atoms with Gasteiger partial charge in [-0.05, 0) is 32.8 Å². The lowest BCUT2D eigenvalue weighted by Gasteiger charge is -2.30. The second kappa shape index (κ2) is 6.99. The monoisotopic (exact) mass is 306 g/mol. The Morgan fingerprint density at radius 1 is 1.36 bits per heavy atom. The average Bonchev–Trinajstić information content (AvgIpc) is 2.45. The molecule has 1 aliphatic rings. The summed E-state index contributed by atoms with van der Waals surface area (Å²) in [5.41, 5.74) is 1.63. The lowest BCUT2D eigenvalue weighted by Crippen LogP contribution is -2.40. The molecule has 0 spiro atoms. The lowest BCUT2D eigenvalue weighted by molar-refractivity contribution is 0.0222. The zero-order valence-electron chi connectivity index (χ0n) is 14.0. The van der Waals surface area contributed by atoms with E-state index in [4.69, 9.17) is 9.47 Å². The first kappa shape index (κ1) is 16.6. The van der Waals surface area contributed by atoms with Crippen molar-refractivity contribution in [3.63, 3.8) is 0 Å². The van der Waals surface area contributed by atoms with Crippen LogP contribution in [-0.2, 0) is 17.7 Å². The minimum atomic E-state index is -0.466. The van der Waals surface area contributed by atoms with Crippen molar-refractivity contribution in [1.82, 2.24) is 9.88 Å². The SMILES string of the molecule is CCCCOc1ccc2c(n1)CCN(C(=O)OC(C)(C)C)C2. The predicted octanol–water partition coefficient (Wildman–Crippen LogP) is 3.55. The normalized spacial score (nSPS) is 14.5. The van der Waals surface area contributed by atoms with Gasteiger partial charge in [0.05, 0.1) is 18.8 Å². The number of amides is 1. The van der Waals surface area contributed by atoms with Gasteiger partial charge < -0.3 is 14.4 Å². The maximum atomic E-state index is 12.1. The third-order valence-corrected chi connectivity index (χ3v) is 3.42. The number of carbonyl (C=O) groups excluding carboxylic acids is 1. The molecule has 0 radical (unpaired) electrons. The van der Waals surface area contributed by atoms with Gasteiger partial charge >= 0.3 is 6.09 Å². The van der Waals surface area contributed by atoms with E-state index in [1.54, 1.807) is 4.90 Å². The van der Waals surface area contributed by atoms with Gasteiger partial charge in [0.25, 0.3) is 0 Å². The fourth-order valence-electron chi connectivity index (χ4n) is 2.28. The second-order valence-corrected chi connectivity index (χ2v) is 6.61. The number of aromatic nitrogens is 1. The summed E-state index contributed by atoms with van der Waals surface area (Å²) < 4.78 is 11.1. The van der Waals surface area contributed by atoms with E-state index in [0.717, 1.165) is 30.5 Å². The largest absolute Gasteiger partial charge is 0.478 e.